The first-order chi connectivity index (χ1) is 14.1. The third kappa shape index (κ3) is 4.28. The van der Waals surface area contributed by atoms with E-state index in [9.17, 15) is 18.8 Å². The summed E-state index contributed by atoms with van der Waals surface area (Å²) >= 11 is 0. The zero-order valence-corrected chi connectivity index (χ0v) is 17.0. The first-order valence-electron chi connectivity index (χ1n) is 9.15. The van der Waals surface area contributed by atoms with Crippen LogP contribution in [0.2, 0.25) is 0 Å². The highest BCUT2D eigenvalue weighted by atomic mass is 19.3. The molecule has 1 N–H and O–H groups in total. The topological polar surface area (TPSA) is 85.5 Å². The zero-order valence-electron chi connectivity index (χ0n) is 17.0. The Labute approximate surface area is 172 Å². The minimum atomic E-state index is -3.74. The van der Waals surface area contributed by atoms with Gasteiger partial charge in [-0.05, 0) is 50.6 Å². The molecule has 2 aromatic rings. The molecule has 9 heteroatoms. The fourth-order valence-corrected chi connectivity index (χ4v) is 3.47. The standard InChI is InChI=1S/C21H21F2N3O4/c1-12-7-15(14(3)26(12)13(2)11-28-4)8-16(10-24)20(27)25-17-5-6-18-19(9-17)30-21(22,23)29-18/h5-9,13H,11H2,1-4H3,(H,25,27)/b16-8+/t13-/m0/s1. The molecule has 1 aromatic heterocycles. The number of methoxy groups -OCH3 is 1. The molecule has 1 amide bonds. The van der Waals surface area contributed by atoms with Crippen molar-refractivity contribution in [2.24, 2.45) is 0 Å². The summed E-state index contributed by atoms with van der Waals surface area (Å²) in [5.41, 5.74) is 2.66. The lowest BCUT2D eigenvalue weighted by Crippen LogP contribution is -2.25. The van der Waals surface area contributed by atoms with Gasteiger partial charge >= 0.3 is 6.29 Å². The molecule has 0 saturated heterocycles. The smallest absolute Gasteiger partial charge is 0.395 e. The van der Waals surface area contributed by atoms with Crippen LogP contribution in [-0.4, -0.2) is 30.5 Å². The van der Waals surface area contributed by atoms with Crippen LogP contribution in [-0.2, 0) is 9.53 Å². The van der Waals surface area contributed by atoms with Gasteiger partial charge in [0.15, 0.2) is 11.5 Å². The van der Waals surface area contributed by atoms with Gasteiger partial charge in [-0.3, -0.25) is 4.79 Å². The molecule has 1 aromatic carbocycles. The molecule has 0 aliphatic carbocycles. The van der Waals surface area contributed by atoms with E-state index in [0.717, 1.165) is 17.0 Å². The number of fused-ring (bicyclic) bond motifs is 1. The van der Waals surface area contributed by atoms with Gasteiger partial charge in [0.2, 0.25) is 0 Å². The number of nitriles is 1. The number of nitrogens with one attached hydrogen (secondary N) is 1. The summed E-state index contributed by atoms with van der Waals surface area (Å²) in [4.78, 5) is 12.6. The number of ether oxygens (including phenoxy) is 3. The van der Waals surface area contributed by atoms with E-state index in [4.69, 9.17) is 4.74 Å². The van der Waals surface area contributed by atoms with Crippen molar-refractivity contribution in [3.05, 3.63) is 46.8 Å². The van der Waals surface area contributed by atoms with Crippen LogP contribution in [0.3, 0.4) is 0 Å². The fourth-order valence-electron chi connectivity index (χ4n) is 3.47. The van der Waals surface area contributed by atoms with Crippen LogP contribution >= 0.6 is 0 Å². The van der Waals surface area contributed by atoms with E-state index < -0.39 is 12.2 Å². The average molecular weight is 417 g/mol. The second-order valence-electron chi connectivity index (χ2n) is 6.95. The van der Waals surface area contributed by atoms with Crippen LogP contribution < -0.4 is 14.8 Å². The van der Waals surface area contributed by atoms with E-state index in [1.807, 2.05) is 32.9 Å². The predicted octanol–water partition coefficient (Wildman–Crippen LogP) is 4.18. The van der Waals surface area contributed by atoms with Crippen molar-refractivity contribution in [1.82, 2.24) is 4.57 Å². The molecule has 1 atom stereocenters. The number of amides is 1. The normalized spacial score (nSPS) is 15.6. The minimum Gasteiger partial charge on any atom is -0.395 e. The molecule has 0 bridgehead atoms. The number of alkyl halides is 2. The van der Waals surface area contributed by atoms with Crippen LogP contribution in [0.15, 0.2) is 29.8 Å². The fraction of sp³-hybridized carbons (Fsp3) is 0.333. The number of aromatic nitrogens is 1. The zero-order chi connectivity index (χ0) is 22.1. The molecule has 30 heavy (non-hydrogen) atoms. The van der Waals surface area contributed by atoms with Crippen molar-refractivity contribution in [3.63, 3.8) is 0 Å². The van der Waals surface area contributed by atoms with Crippen LogP contribution in [0, 0.1) is 25.2 Å². The monoisotopic (exact) mass is 417 g/mol. The van der Waals surface area contributed by atoms with Gasteiger partial charge in [0.05, 0.1) is 12.6 Å². The van der Waals surface area contributed by atoms with Crippen molar-refractivity contribution in [1.29, 1.82) is 5.26 Å². The van der Waals surface area contributed by atoms with Crippen molar-refractivity contribution < 1.29 is 27.8 Å². The Morgan fingerprint density at radius 2 is 2.03 bits per heavy atom. The van der Waals surface area contributed by atoms with E-state index in [-0.39, 0.29) is 28.8 Å². The number of benzene rings is 1. The SMILES string of the molecule is COC[C@H](C)n1c(C)cc(/C=C(\C#N)C(=O)Nc2ccc3c(c2)OC(F)(F)O3)c1C. The van der Waals surface area contributed by atoms with Crippen LogP contribution in [0.4, 0.5) is 14.5 Å². The minimum absolute atomic E-state index is 0.0864. The van der Waals surface area contributed by atoms with E-state index in [2.05, 4.69) is 19.4 Å². The van der Waals surface area contributed by atoms with E-state index in [1.165, 1.54) is 24.3 Å². The van der Waals surface area contributed by atoms with E-state index in [1.54, 1.807) is 7.11 Å². The Morgan fingerprint density at radius 1 is 1.33 bits per heavy atom. The molecule has 0 spiro atoms. The number of carbonyl (C=O) groups excluding carboxylic acids is 1. The number of halogens is 2. The molecular weight excluding hydrogens is 396 g/mol. The molecule has 0 saturated carbocycles. The lowest BCUT2D eigenvalue weighted by molar-refractivity contribution is -0.286. The summed E-state index contributed by atoms with van der Waals surface area (Å²) in [5.74, 6) is -1.000. The van der Waals surface area contributed by atoms with Gasteiger partial charge in [0.1, 0.15) is 11.6 Å². The van der Waals surface area contributed by atoms with Gasteiger partial charge in [-0.15, -0.1) is 8.78 Å². The van der Waals surface area contributed by atoms with Crippen LogP contribution in [0.1, 0.15) is 29.9 Å². The Balaban J connectivity index is 1.82. The number of nitrogens with zero attached hydrogens (tertiary/aromatic N) is 2. The highest BCUT2D eigenvalue weighted by Gasteiger charge is 2.43. The third-order valence-corrected chi connectivity index (χ3v) is 4.70. The van der Waals surface area contributed by atoms with Gasteiger partial charge in [0.25, 0.3) is 5.91 Å². The maximum absolute atomic E-state index is 13.1. The maximum atomic E-state index is 13.1. The molecule has 0 unspecified atom stereocenters. The molecule has 7 nitrogen and oxygen atoms in total. The van der Waals surface area contributed by atoms with Crippen molar-refractivity contribution >= 4 is 17.7 Å². The summed E-state index contributed by atoms with van der Waals surface area (Å²) in [6.45, 7) is 6.37. The predicted molar refractivity (Wildman–Crippen MR) is 105 cm³/mol. The Hall–Kier alpha value is -3.38. The Morgan fingerprint density at radius 3 is 2.70 bits per heavy atom. The summed E-state index contributed by atoms with van der Waals surface area (Å²) in [6.07, 6.45) is -2.25. The summed E-state index contributed by atoms with van der Waals surface area (Å²) in [6, 6.07) is 7.71. The molecule has 0 radical (unpaired) electrons. The lowest BCUT2D eigenvalue weighted by atomic mass is 10.1. The average Bonchev–Trinajstić information content (AvgIpc) is 3.12. The second-order valence-corrected chi connectivity index (χ2v) is 6.95. The molecular formula is C21H21F2N3O4. The number of rotatable bonds is 6. The first kappa shape index (κ1) is 21.3. The van der Waals surface area contributed by atoms with Gasteiger partial charge in [-0.2, -0.15) is 5.26 Å². The van der Waals surface area contributed by atoms with E-state index in [0.29, 0.717) is 6.61 Å². The van der Waals surface area contributed by atoms with Gasteiger partial charge in [0, 0.05) is 30.3 Å². The lowest BCUT2D eigenvalue weighted by Gasteiger charge is -2.17. The van der Waals surface area contributed by atoms with Crippen molar-refractivity contribution in [2.45, 2.75) is 33.1 Å². The molecule has 0 fully saturated rings. The van der Waals surface area contributed by atoms with E-state index >= 15 is 0 Å². The van der Waals surface area contributed by atoms with Crippen molar-refractivity contribution in [2.75, 3.05) is 19.0 Å². The van der Waals surface area contributed by atoms with Crippen LogP contribution in [0.25, 0.3) is 6.08 Å². The van der Waals surface area contributed by atoms with Gasteiger partial charge in [-0.1, -0.05) is 0 Å². The number of anilines is 1. The number of hydrogen-bond donors (Lipinski definition) is 1. The summed E-state index contributed by atoms with van der Waals surface area (Å²) in [7, 11) is 1.63. The number of hydrogen-bond acceptors (Lipinski definition) is 5. The molecule has 2 heterocycles. The Kier molecular flexibility index (Phi) is 5.80. The molecule has 158 valence electrons. The largest absolute Gasteiger partial charge is 0.586 e. The van der Waals surface area contributed by atoms with Gasteiger partial charge < -0.3 is 24.1 Å². The number of carbonyl (C=O) groups is 1. The summed E-state index contributed by atoms with van der Waals surface area (Å²) in [5, 5.41) is 12.0. The molecule has 1 aliphatic rings. The number of aryl methyl sites for hydroxylation is 1. The first-order valence-corrected chi connectivity index (χ1v) is 9.15. The quantitative estimate of drug-likeness (QED) is 0.563. The second kappa shape index (κ2) is 8.16. The highest BCUT2D eigenvalue weighted by molar-refractivity contribution is 6.09. The third-order valence-electron chi connectivity index (χ3n) is 4.70. The Bertz CT molecular complexity index is 1050. The van der Waals surface area contributed by atoms with Gasteiger partial charge in [-0.25, -0.2) is 0 Å². The molecule has 1 aliphatic heterocycles. The highest BCUT2D eigenvalue weighted by Crippen LogP contribution is 2.42. The van der Waals surface area contributed by atoms with Crippen LogP contribution in [0.5, 0.6) is 11.5 Å². The van der Waals surface area contributed by atoms with Crippen molar-refractivity contribution in [3.8, 4) is 17.6 Å². The summed E-state index contributed by atoms with van der Waals surface area (Å²) < 4.78 is 42.3. The molecule has 3 rings (SSSR count). The maximum Gasteiger partial charge on any atom is 0.586 e.